The first kappa shape index (κ1) is 19.6. The number of carbonyl (C=O) groups is 2. The molecule has 3 aromatic carbocycles. The number of carbonyl (C=O) groups excluding carboxylic acids is 2. The van der Waals surface area contributed by atoms with E-state index in [0.717, 1.165) is 23.2 Å². The summed E-state index contributed by atoms with van der Waals surface area (Å²) < 4.78 is 0. The van der Waals surface area contributed by atoms with Crippen molar-refractivity contribution in [3.63, 3.8) is 0 Å². The first-order valence-electron chi connectivity index (χ1n) is 10.3. The molecule has 0 aromatic heterocycles. The Labute approximate surface area is 177 Å². The number of rotatable bonds is 6. The van der Waals surface area contributed by atoms with Crippen molar-refractivity contribution in [1.82, 2.24) is 0 Å². The fourth-order valence-electron chi connectivity index (χ4n) is 3.83. The molecule has 3 aromatic rings. The van der Waals surface area contributed by atoms with Crippen molar-refractivity contribution in [3.8, 4) is 0 Å². The van der Waals surface area contributed by atoms with Gasteiger partial charge < -0.3 is 4.90 Å². The summed E-state index contributed by atoms with van der Waals surface area (Å²) in [7, 11) is 0. The van der Waals surface area contributed by atoms with Gasteiger partial charge in [-0.05, 0) is 48.7 Å². The van der Waals surface area contributed by atoms with Crippen LogP contribution in [-0.2, 0) is 16.0 Å². The van der Waals surface area contributed by atoms with Crippen LogP contribution in [0.1, 0.15) is 25.0 Å². The van der Waals surface area contributed by atoms with Crippen molar-refractivity contribution in [3.05, 3.63) is 102 Å². The van der Waals surface area contributed by atoms with E-state index in [-0.39, 0.29) is 11.8 Å². The average molecular weight is 396 g/mol. The molecule has 0 spiro atoms. The Morgan fingerprint density at radius 3 is 1.90 bits per heavy atom. The van der Waals surface area contributed by atoms with Crippen LogP contribution in [0.2, 0.25) is 0 Å². The predicted molar refractivity (Wildman–Crippen MR) is 121 cm³/mol. The third-order valence-electron chi connectivity index (χ3n) is 5.38. The Balaban J connectivity index is 1.86. The van der Waals surface area contributed by atoms with E-state index in [2.05, 4.69) is 6.92 Å². The summed E-state index contributed by atoms with van der Waals surface area (Å²) in [5.74, 6) is -0.589. The minimum atomic E-state index is -0.297. The molecule has 0 fully saturated rings. The van der Waals surface area contributed by atoms with Gasteiger partial charge in [0.15, 0.2) is 0 Å². The summed E-state index contributed by atoms with van der Waals surface area (Å²) in [6.45, 7) is 4.63. The van der Waals surface area contributed by atoms with E-state index in [0.29, 0.717) is 23.5 Å². The minimum absolute atomic E-state index is 0.292. The molecule has 0 aliphatic carbocycles. The van der Waals surface area contributed by atoms with Gasteiger partial charge in [0.2, 0.25) is 0 Å². The maximum atomic E-state index is 13.6. The highest BCUT2D eigenvalue weighted by molar-refractivity contribution is 6.46. The largest absolute Gasteiger partial charge is 0.337 e. The van der Waals surface area contributed by atoms with E-state index in [4.69, 9.17) is 0 Å². The number of para-hydroxylation sites is 1. The van der Waals surface area contributed by atoms with Crippen molar-refractivity contribution in [2.24, 2.45) is 0 Å². The maximum Gasteiger partial charge on any atom is 0.282 e. The number of amides is 2. The molecule has 0 saturated carbocycles. The van der Waals surface area contributed by atoms with E-state index >= 15 is 0 Å². The molecule has 4 nitrogen and oxygen atoms in total. The second-order valence-corrected chi connectivity index (χ2v) is 7.14. The van der Waals surface area contributed by atoms with E-state index in [1.165, 1.54) is 4.90 Å². The lowest BCUT2D eigenvalue weighted by Crippen LogP contribution is -2.35. The molecular formula is C26H24N2O2. The van der Waals surface area contributed by atoms with Gasteiger partial charge in [0.05, 0.1) is 11.3 Å². The highest BCUT2D eigenvalue weighted by Crippen LogP contribution is 2.36. The molecule has 30 heavy (non-hydrogen) atoms. The lowest BCUT2D eigenvalue weighted by Gasteiger charge is -2.25. The monoisotopic (exact) mass is 396 g/mol. The van der Waals surface area contributed by atoms with Crippen molar-refractivity contribution in [1.29, 1.82) is 0 Å². The van der Waals surface area contributed by atoms with Crippen molar-refractivity contribution in [2.75, 3.05) is 16.3 Å². The van der Waals surface area contributed by atoms with Crippen LogP contribution in [-0.4, -0.2) is 18.4 Å². The molecule has 4 rings (SSSR count). The Hall–Kier alpha value is -3.66. The summed E-state index contributed by atoms with van der Waals surface area (Å²) in [5, 5.41) is 0. The molecule has 150 valence electrons. The van der Waals surface area contributed by atoms with E-state index in [1.807, 2.05) is 96.8 Å². The number of hydrogen-bond acceptors (Lipinski definition) is 3. The van der Waals surface area contributed by atoms with Crippen LogP contribution in [0, 0.1) is 0 Å². The van der Waals surface area contributed by atoms with Crippen LogP contribution in [0.3, 0.4) is 0 Å². The topological polar surface area (TPSA) is 40.6 Å². The van der Waals surface area contributed by atoms with Gasteiger partial charge in [-0.1, -0.05) is 67.6 Å². The van der Waals surface area contributed by atoms with E-state index in [9.17, 15) is 9.59 Å². The second kappa shape index (κ2) is 8.37. The van der Waals surface area contributed by atoms with Crippen LogP contribution in [0.5, 0.6) is 0 Å². The molecule has 4 heteroatoms. The molecule has 0 unspecified atom stereocenters. The molecule has 0 saturated heterocycles. The number of nitrogens with zero attached hydrogens (tertiary/aromatic N) is 2. The lowest BCUT2D eigenvalue weighted by molar-refractivity contribution is -0.120. The molecule has 0 bridgehead atoms. The third-order valence-corrected chi connectivity index (χ3v) is 5.38. The molecule has 1 aliphatic heterocycles. The molecular weight excluding hydrogens is 372 g/mol. The molecule has 0 atom stereocenters. The zero-order valence-electron chi connectivity index (χ0n) is 17.2. The van der Waals surface area contributed by atoms with Gasteiger partial charge in [-0.15, -0.1) is 0 Å². The Bertz CT molecular complexity index is 1090. The Morgan fingerprint density at radius 2 is 1.33 bits per heavy atom. The Morgan fingerprint density at radius 1 is 0.733 bits per heavy atom. The summed E-state index contributed by atoms with van der Waals surface area (Å²) in [6.07, 6.45) is 0.901. The van der Waals surface area contributed by atoms with Crippen LogP contribution in [0.25, 0.3) is 5.57 Å². The summed E-state index contributed by atoms with van der Waals surface area (Å²) in [6, 6.07) is 26.8. The highest BCUT2D eigenvalue weighted by Gasteiger charge is 2.42. The second-order valence-electron chi connectivity index (χ2n) is 7.14. The van der Waals surface area contributed by atoms with Crippen LogP contribution in [0.4, 0.5) is 11.4 Å². The number of anilines is 2. The molecule has 1 heterocycles. The minimum Gasteiger partial charge on any atom is -0.337 e. The fourth-order valence-corrected chi connectivity index (χ4v) is 3.83. The van der Waals surface area contributed by atoms with Crippen LogP contribution < -0.4 is 9.80 Å². The molecule has 0 radical (unpaired) electrons. The zero-order chi connectivity index (χ0) is 21.1. The molecule has 2 amide bonds. The van der Waals surface area contributed by atoms with Crippen LogP contribution >= 0.6 is 0 Å². The highest BCUT2D eigenvalue weighted by atomic mass is 16.2. The molecule has 1 aliphatic rings. The van der Waals surface area contributed by atoms with Crippen molar-refractivity contribution < 1.29 is 9.59 Å². The lowest BCUT2D eigenvalue weighted by atomic mass is 10.0. The zero-order valence-corrected chi connectivity index (χ0v) is 17.2. The van der Waals surface area contributed by atoms with Crippen molar-refractivity contribution in [2.45, 2.75) is 20.3 Å². The number of benzene rings is 3. The smallest absolute Gasteiger partial charge is 0.282 e. The number of imide groups is 1. The number of aryl methyl sites for hydroxylation is 1. The first-order valence-corrected chi connectivity index (χ1v) is 10.3. The van der Waals surface area contributed by atoms with Gasteiger partial charge in [0.25, 0.3) is 11.8 Å². The predicted octanol–water partition coefficient (Wildman–Crippen LogP) is 5.06. The fraction of sp³-hybridized carbons (Fsp3) is 0.154. The summed E-state index contributed by atoms with van der Waals surface area (Å²) in [5.41, 5.74) is 4.23. The van der Waals surface area contributed by atoms with Gasteiger partial charge in [-0.2, -0.15) is 0 Å². The van der Waals surface area contributed by atoms with Crippen LogP contribution in [0.15, 0.2) is 90.6 Å². The van der Waals surface area contributed by atoms with E-state index in [1.54, 1.807) is 0 Å². The Kier molecular flexibility index (Phi) is 5.48. The summed E-state index contributed by atoms with van der Waals surface area (Å²) in [4.78, 5) is 30.4. The van der Waals surface area contributed by atoms with Gasteiger partial charge >= 0.3 is 0 Å². The van der Waals surface area contributed by atoms with Crippen molar-refractivity contribution >= 4 is 28.8 Å². The normalized spacial score (nSPS) is 13.9. The average Bonchev–Trinajstić information content (AvgIpc) is 3.06. The van der Waals surface area contributed by atoms with Gasteiger partial charge in [0.1, 0.15) is 5.70 Å². The quantitative estimate of drug-likeness (QED) is 0.547. The standard InChI is InChI=1S/C26H24N2O2/c1-3-19-15-17-22(18-16-19)28-25(29)23(20-11-7-5-8-12-20)24(26(28)30)27(4-2)21-13-9-6-10-14-21/h5-18H,3-4H2,1-2H3. The van der Waals surface area contributed by atoms with Gasteiger partial charge in [-0.3, -0.25) is 9.59 Å². The number of hydrogen-bond donors (Lipinski definition) is 0. The molecule has 0 N–H and O–H groups in total. The SMILES string of the molecule is CCc1ccc(N2C(=O)C(c3ccccc3)=C(N(CC)c3ccccc3)C2=O)cc1. The van der Waals surface area contributed by atoms with E-state index < -0.39 is 0 Å². The summed E-state index contributed by atoms with van der Waals surface area (Å²) >= 11 is 0. The first-order chi connectivity index (χ1) is 14.7. The maximum absolute atomic E-state index is 13.6. The van der Waals surface area contributed by atoms with Gasteiger partial charge in [-0.25, -0.2) is 4.90 Å². The number of likely N-dealkylation sites (N-methyl/N-ethyl adjacent to an activating group) is 1. The van der Waals surface area contributed by atoms with Gasteiger partial charge in [0, 0.05) is 12.2 Å². The third kappa shape index (κ3) is 3.41.